The standard InChI is InChI=1S/C57H58N3O.Pt/c1-36(2)39-25-26-50(46(32-39)38-21-16-13-17-22-38)60-51-24-18-23-45(52(51)59-54(60)47-34-44(56(6,7)8)35-48(53(47)61)57(9,10)11)41-29-42(31-43(30-41)55(3,4)5)49-33-40(27-28-58-49)37-19-14-12-15-20-37;/h12-28,30-36,61H,1-11H3;/q-1;/i6D3,7D3,8D3,9D3,10D3,11D3,12D,14D,15D,19D,20D,27D,28D,33D,36D;. The second kappa shape index (κ2) is 16.9. The number of para-hydroxylation sites is 1. The van der Waals surface area contributed by atoms with Gasteiger partial charge in [-0.25, -0.2) is 4.98 Å². The zero-order chi connectivity index (χ0) is 66.3. The summed E-state index contributed by atoms with van der Waals surface area (Å²) < 4.78 is 238. The number of hydrogen-bond donors (Lipinski definition) is 1. The average molecular weight is 1020 g/mol. The first-order valence-electron chi connectivity index (χ1n) is 32.7. The molecule has 0 fully saturated rings. The number of phenolic OH excluding ortho intramolecular Hbond substituents is 1. The number of fused-ring (bicyclic) bond motifs is 1. The normalized spacial score (nSPS) is 19.9. The zero-order valence-electron chi connectivity index (χ0n) is 61.3. The maximum atomic E-state index is 13.1. The van der Waals surface area contributed by atoms with Crippen molar-refractivity contribution >= 4 is 11.0 Å². The Bertz CT molecular complexity index is 3990. The molecule has 6 aromatic carbocycles. The third-order valence-electron chi connectivity index (χ3n) is 10.4. The molecule has 318 valence electrons. The van der Waals surface area contributed by atoms with E-state index in [0.717, 1.165) is 0 Å². The Labute approximate surface area is 421 Å². The molecule has 62 heavy (non-hydrogen) atoms. The Morgan fingerprint density at radius 2 is 1.40 bits per heavy atom. The van der Waals surface area contributed by atoms with Crippen LogP contribution in [0.1, 0.15) is 141 Å². The fourth-order valence-corrected chi connectivity index (χ4v) is 7.16. The van der Waals surface area contributed by atoms with E-state index in [1.807, 2.05) is 20.8 Å². The molecule has 5 heteroatoms. The molecule has 0 atom stereocenters. The van der Waals surface area contributed by atoms with Gasteiger partial charge in [0.05, 0.1) is 33.3 Å². The number of pyridine rings is 1. The smallest absolute Gasteiger partial charge is 0.148 e. The van der Waals surface area contributed by atoms with Crippen LogP contribution in [0.25, 0.3) is 72.7 Å². The van der Waals surface area contributed by atoms with E-state index in [1.165, 1.54) is 22.8 Å². The van der Waals surface area contributed by atoms with Crippen LogP contribution in [0.3, 0.4) is 0 Å². The monoisotopic (exact) mass is 1020 g/mol. The molecule has 0 aliphatic heterocycles. The second-order valence-electron chi connectivity index (χ2n) is 16.1. The van der Waals surface area contributed by atoms with Crippen molar-refractivity contribution < 1.29 is 63.2 Å². The maximum absolute atomic E-state index is 13.1. The van der Waals surface area contributed by atoms with E-state index in [9.17, 15) is 6.48 Å². The number of aromatic nitrogens is 3. The van der Waals surface area contributed by atoms with Gasteiger partial charge in [0.1, 0.15) is 11.6 Å². The summed E-state index contributed by atoms with van der Waals surface area (Å²) in [6.45, 7) is -16.4. The van der Waals surface area contributed by atoms with Crippen molar-refractivity contribution in [3.63, 3.8) is 0 Å². The van der Waals surface area contributed by atoms with E-state index in [1.54, 1.807) is 74.5 Å². The van der Waals surface area contributed by atoms with Gasteiger partial charge in [-0.1, -0.05) is 178 Å². The van der Waals surface area contributed by atoms with Crippen LogP contribution in [0.2, 0.25) is 0 Å². The number of aromatic hydroxyl groups is 1. The number of nitrogens with zero attached hydrogens (tertiary/aromatic N) is 3. The summed E-state index contributed by atoms with van der Waals surface area (Å²) in [7, 11) is 0. The Kier molecular flexibility index (Phi) is 5.93. The number of rotatable bonds is 7. The molecule has 4 nitrogen and oxygen atoms in total. The third-order valence-corrected chi connectivity index (χ3v) is 10.4. The summed E-state index contributed by atoms with van der Waals surface area (Å²) >= 11 is 0. The van der Waals surface area contributed by atoms with Gasteiger partial charge in [0, 0.05) is 70.1 Å². The van der Waals surface area contributed by atoms with E-state index in [0.29, 0.717) is 28.3 Å². The molecule has 0 radical (unpaired) electrons. The molecule has 0 aliphatic rings. The molecule has 0 bridgehead atoms. The number of hydrogen-bond acceptors (Lipinski definition) is 3. The fourth-order valence-electron chi connectivity index (χ4n) is 7.16. The van der Waals surface area contributed by atoms with E-state index in [2.05, 4.69) is 11.1 Å². The van der Waals surface area contributed by atoms with E-state index in [-0.39, 0.29) is 66.2 Å². The number of imidazole rings is 1. The Hall–Kier alpha value is -5.57. The molecule has 8 aromatic rings. The Morgan fingerprint density at radius 1 is 0.694 bits per heavy atom. The van der Waals surface area contributed by atoms with Gasteiger partial charge in [-0.2, -0.15) is 0 Å². The van der Waals surface area contributed by atoms with Gasteiger partial charge < -0.3 is 5.11 Å². The molecule has 2 aromatic heterocycles. The van der Waals surface area contributed by atoms with Crippen LogP contribution in [0.15, 0.2) is 139 Å². The van der Waals surface area contributed by atoms with Crippen LogP contribution < -0.4 is 0 Å². The van der Waals surface area contributed by atoms with Gasteiger partial charge in [0.2, 0.25) is 0 Å². The van der Waals surface area contributed by atoms with Gasteiger partial charge in [0.15, 0.2) is 0 Å². The molecule has 8 rings (SSSR count). The van der Waals surface area contributed by atoms with Gasteiger partial charge in [-0.15, -0.1) is 29.3 Å². The van der Waals surface area contributed by atoms with Crippen LogP contribution in [0, 0.1) is 6.07 Å². The number of phenols is 1. The average Bonchev–Trinajstić information content (AvgIpc) is 1.14. The minimum atomic E-state index is -4.26. The molecule has 0 saturated heterocycles. The van der Waals surface area contributed by atoms with Crippen molar-refractivity contribution in [2.24, 2.45) is 0 Å². The third kappa shape index (κ3) is 8.73. The van der Waals surface area contributed by atoms with Crippen molar-refractivity contribution in [1.29, 1.82) is 0 Å². The quantitative estimate of drug-likeness (QED) is 0.162. The zero-order valence-corrected chi connectivity index (χ0v) is 36.5. The SMILES string of the molecule is [2H]c1nc(-c2[c-]c(-c3cccc4c3nc(-c3cc(C(C([2H])([2H])[2H])(C([2H])([2H])[2H])C([2H])([2H])[2H])cc(C(C([2H])([2H])[2H])(C([2H])([2H])[2H])C([2H])([2H])[2H])c3O)n4-c3ccc(C([2H])(C)C)cc3-c3ccccc3)cc(C(C)(C)C)c2)c([2H])c(-c2c([2H])c([2H])c([2H])c([2H])c2[2H])c1[2H].[Pt]. The fraction of sp³-hybridized carbons (Fsp3) is 0.263. The first kappa shape index (κ1) is 21.7. The predicted molar refractivity (Wildman–Crippen MR) is 257 cm³/mol. The van der Waals surface area contributed by atoms with Gasteiger partial charge >= 0.3 is 0 Å². The van der Waals surface area contributed by atoms with Gasteiger partial charge in [-0.05, 0) is 80.3 Å². The van der Waals surface area contributed by atoms with Gasteiger partial charge in [0.25, 0.3) is 0 Å². The molecule has 0 amide bonds. The molecule has 2 heterocycles. The second-order valence-corrected chi connectivity index (χ2v) is 16.1. The van der Waals surface area contributed by atoms with Crippen LogP contribution in [0.4, 0.5) is 0 Å². The van der Waals surface area contributed by atoms with Crippen molar-refractivity contribution in [2.75, 3.05) is 0 Å². The van der Waals surface area contributed by atoms with E-state index in [4.69, 9.17) is 40.6 Å². The first-order valence-corrected chi connectivity index (χ1v) is 19.2. The van der Waals surface area contributed by atoms with Crippen molar-refractivity contribution in [2.45, 2.75) is 97.9 Å². The molecular formula is C57H58N3OPt-. The minimum absolute atomic E-state index is 0. The van der Waals surface area contributed by atoms with Crippen molar-refractivity contribution in [3.05, 3.63) is 168 Å². The van der Waals surface area contributed by atoms with Crippen molar-refractivity contribution in [1.82, 2.24) is 14.5 Å². The maximum Gasteiger partial charge on any atom is 0.148 e. The van der Waals surface area contributed by atoms with Crippen molar-refractivity contribution in [3.8, 4) is 67.5 Å². The topological polar surface area (TPSA) is 50.9 Å². The Morgan fingerprint density at radius 3 is 2.10 bits per heavy atom. The molecule has 1 N–H and O–H groups in total. The summed E-state index contributed by atoms with van der Waals surface area (Å²) in [5, 5.41) is 13.1. The predicted octanol–water partition coefficient (Wildman–Crippen LogP) is 15.3. The summed E-state index contributed by atoms with van der Waals surface area (Å²) in [5.74, 6) is -3.39. The minimum Gasteiger partial charge on any atom is -0.507 e. The van der Waals surface area contributed by atoms with Crippen LogP contribution in [0.5, 0.6) is 5.75 Å². The molecule has 0 spiro atoms. The summed E-state index contributed by atoms with van der Waals surface area (Å²) in [4.78, 5) is 9.36. The largest absolute Gasteiger partial charge is 0.507 e. The summed E-state index contributed by atoms with van der Waals surface area (Å²) in [6.07, 6.45) is -0.746. The molecule has 0 unspecified atom stereocenters. The van der Waals surface area contributed by atoms with E-state index >= 15 is 0 Å². The van der Waals surface area contributed by atoms with Crippen LogP contribution >= 0.6 is 0 Å². The first-order chi connectivity index (χ1) is 40.0. The summed E-state index contributed by atoms with van der Waals surface area (Å²) in [6, 6.07) is 20.0. The molecule has 0 saturated carbocycles. The Balaban J connectivity index is 0.0000113. The molecule has 0 aliphatic carbocycles. The number of benzene rings is 6. The summed E-state index contributed by atoms with van der Waals surface area (Å²) in [5.41, 5.74) is -12.4. The van der Waals surface area contributed by atoms with Crippen LogP contribution in [-0.4, -0.2) is 19.6 Å². The van der Waals surface area contributed by atoms with Gasteiger partial charge in [-0.3, -0.25) is 9.55 Å². The van der Waals surface area contributed by atoms with Crippen LogP contribution in [-0.2, 0) is 37.3 Å². The molecular weight excluding hydrogens is 938 g/mol. The van der Waals surface area contributed by atoms with E-state index < -0.39 is 151 Å².